The lowest BCUT2D eigenvalue weighted by molar-refractivity contribution is 0.414. The summed E-state index contributed by atoms with van der Waals surface area (Å²) < 4.78 is 10.4. The van der Waals surface area contributed by atoms with Gasteiger partial charge in [0.25, 0.3) is 0 Å². The molecule has 106 valence electrons. The molecule has 1 unspecified atom stereocenters. The van der Waals surface area contributed by atoms with Gasteiger partial charge in [-0.15, -0.1) is 0 Å². The van der Waals surface area contributed by atoms with Crippen LogP contribution in [0.15, 0.2) is 42.5 Å². The summed E-state index contributed by atoms with van der Waals surface area (Å²) in [6.45, 7) is 2.08. The lowest BCUT2D eigenvalue weighted by atomic mass is 10.1. The average Bonchev–Trinajstić information content (AvgIpc) is 2.49. The maximum Gasteiger partial charge on any atom is 0.121 e. The standard InChI is InChI=1S/C16H18ClNO2/c1-11(12-4-6-13(19-2)7-5-12)18-16-10-14(20-3)8-9-15(16)17/h4-11,18H,1-3H3. The van der Waals surface area contributed by atoms with Crippen molar-refractivity contribution in [3.63, 3.8) is 0 Å². The van der Waals surface area contributed by atoms with Crippen LogP contribution < -0.4 is 14.8 Å². The van der Waals surface area contributed by atoms with E-state index in [9.17, 15) is 0 Å². The molecule has 4 heteroatoms. The Balaban J connectivity index is 2.15. The van der Waals surface area contributed by atoms with Crippen molar-refractivity contribution in [3.8, 4) is 11.5 Å². The molecule has 2 rings (SSSR count). The van der Waals surface area contributed by atoms with Crippen LogP contribution in [0.2, 0.25) is 5.02 Å². The fourth-order valence-electron chi connectivity index (χ4n) is 1.95. The second-order valence-corrected chi connectivity index (χ2v) is 4.89. The van der Waals surface area contributed by atoms with Gasteiger partial charge in [0, 0.05) is 12.1 Å². The Labute approximate surface area is 124 Å². The van der Waals surface area contributed by atoms with E-state index in [2.05, 4.69) is 12.2 Å². The van der Waals surface area contributed by atoms with E-state index >= 15 is 0 Å². The van der Waals surface area contributed by atoms with Crippen LogP contribution >= 0.6 is 11.6 Å². The molecular formula is C16H18ClNO2. The zero-order valence-electron chi connectivity index (χ0n) is 11.8. The summed E-state index contributed by atoms with van der Waals surface area (Å²) in [5.41, 5.74) is 2.01. The molecular weight excluding hydrogens is 274 g/mol. The van der Waals surface area contributed by atoms with Crippen molar-refractivity contribution in [1.29, 1.82) is 0 Å². The molecule has 0 heterocycles. The molecule has 0 bridgehead atoms. The van der Waals surface area contributed by atoms with E-state index in [0.717, 1.165) is 22.7 Å². The molecule has 0 fully saturated rings. The smallest absolute Gasteiger partial charge is 0.121 e. The second-order valence-electron chi connectivity index (χ2n) is 4.48. The first-order chi connectivity index (χ1) is 9.63. The van der Waals surface area contributed by atoms with Crippen molar-refractivity contribution in [2.24, 2.45) is 0 Å². The molecule has 2 aromatic carbocycles. The van der Waals surface area contributed by atoms with Gasteiger partial charge >= 0.3 is 0 Å². The molecule has 3 nitrogen and oxygen atoms in total. The molecule has 20 heavy (non-hydrogen) atoms. The molecule has 0 aliphatic carbocycles. The molecule has 1 atom stereocenters. The van der Waals surface area contributed by atoms with Crippen LogP contribution in [0.1, 0.15) is 18.5 Å². The Morgan fingerprint density at radius 1 is 0.950 bits per heavy atom. The Bertz CT molecular complexity index is 569. The Morgan fingerprint density at radius 3 is 2.15 bits per heavy atom. The van der Waals surface area contributed by atoms with Crippen molar-refractivity contribution in [3.05, 3.63) is 53.1 Å². The maximum absolute atomic E-state index is 6.19. The summed E-state index contributed by atoms with van der Waals surface area (Å²) in [4.78, 5) is 0. The van der Waals surface area contributed by atoms with Crippen molar-refractivity contribution in [1.82, 2.24) is 0 Å². The Morgan fingerprint density at radius 2 is 1.55 bits per heavy atom. The van der Waals surface area contributed by atoms with Crippen LogP contribution in [0.4, 0.5) is 5.69 Å². The molecule has 0 radical (unpaired) electrons. The predicted octanol–water partition coefficient (Wildman–Crippen LogP) is 4.53. The largest absolute Gasteiger partial charge is 0.497 e. The van der Waals surface area contributed by atoms with Crippen LogP contribution in [0.25, 0.3) is 0 Å². The van der Waals surface area contributed by atoms with E-state index in [-0.39, 0.29) is 6.04 Å². The minimum Gasteiger partial charge on any atom is -0.497 e. The average molecular weight is 292 g/mol. The van der Waals surface area contributed by atoms with Crippen molar-refractivity contribution < 1.29 is 9.47 Å². The molecule has 0 saturated carbocycles. The van der Waals surface area contributed by atoms with Crippen LogP contribution in [0.5, 0.6) is 11.5 Å². The topological polar surface area (TPSA) is 30.5 Å². The van der Waals surface area contributed by atoms with Crippen LogP contribution in [-0.4, -0.2) is 14.2 Å². The summed E-state index contributed by atoms with van der Waals surface area (Å²) in [5, 5.41) is 4.06. The highest BCUT2D eigenvalue weighted by molar-refractivity contribution is 6.33. The fraction of sp³-hybridized carbons (Fsp3) is 0.250. The first-order valence-corrected chi connectivity index (χ1v) is 6.76. The number of anilines is 1. The van der Waals surface area contributed by atoms with E-state index in [1.165, 1.54) is 0 Å². The molecule has 2 aromatic rings. The summed E-state index contributed by atoms with van der Waals surface area (Å²) in [6.07, 6.45) is 0. The first kappa shape index (κ1) is 14.5. The second kappa shape index (κ2) is 6.53. The Kier molecular flexibility index (Phi) is 4.74. The number of methoxy groups -OCH3 is 2. The zero-order chi connectivity index (χ0) is 14.5. The first-order valence-electron chi connectivity index (χ1n) is 6.38. The van der Waals surface area contributed by atoms with Crippen molar-refractivity contribution in [2.75, 3.05) is 19.5 Å². The summed E-state index contributed by atoms with van der Waals surface area (Å²) in [5.74, 6) is 1.62. The van der Waals surface area contributed by atoms with E-state index in [1.807, 2.05) is 42.5 Å². The van der Waals surface area contributed by atoms with Gasteiger partial charge in [0.1, 0.15) is 11.5 Å². The third-order valence-electron chi connectivity index (χ3n) is 3.16. The van der Waals surface area contributed by atoms with E-state index in [4.69, 9.17) is 21.1 Å². The third kappa shape index (κ3) is 3.36. The highest BCUT2D eigenvalue weighted by Crippen LogP contribution is 2.30. The van der Waals surface area contributed by atoms with Gasteiger partial charge < -0.3 is 14.8 Å². The number of hydrogen-bond donors (Lipinski definition) is 1. The minimum absolute atomic E-state index is 0.130. The quantitative estimate of drug-likeness (QED) is 0.878. The third-order valence-corrected chi connectivity index (χ3v) is 3.49. The maximum atomic E-state index is 6.19. The van der Waals surface area contributed by atoms with Gasteiger partial charge in [-0.2, -0.15) is 0 Å². The van der Waals surface area contributed by atoms with Gasteiger partial charge in [-0.25, -0.2) is 0 Å². The van der Waals surface area contributed by atoms with Crippen molar-refractivity contribution >= 4 is 17.3 Å². The van der Waals surface area contributed by atoms with Crippen LogP contribution in [0, 0.1) is 0 Å². The summed E-state index contributed by atoms with van der Waals surface area (Å²) in [6, 6.07) is 13.6. The molecule has 0 aliphatic rings. The number of halogens is 1. The van der Waals surface area contributed by atoms with Gasteiger partial charge in [0.2, 0.25) is 0 Å². The number of ether oxygens (including phenoxy) is 2. The highest BCUT2D eigenvalue weighted by atomic mass is 35.5. The molecule has 0 spiro atoms. The van der Waals surface area contributed by atoms with Gasteiger partial charge in [-0.1, -0.05) is 23.7 Å². The van der Waals surface area contributed by atoms with Gasteiger partial charge in [-0.3, -0.25) is 0 Å². The van der Waals surface area contributed by atoms with Gasteiger partial charge in [-0.05, 0) is 36.8 Å². The molecule has 0 amide bonds. The van der Waals surface area contributed by atoms with Gasteiger partial charge in [0.05, 0.1) is 24.9 Å². The zero-order valence-corrected chi connectivity index (χ0v) is 12.6. The SMILES string of the molecule is COc1ccc(C(C)Nc2cc(OC)ccc2Cl)cc1. The summed E-state index contributed by atoms with van der Waals surface area (Å²) in [7, 11) is 3.30. The number of benzene rings is 2. The number of nitrogens with one attached hydrogen (secondary N) is 1. The highest BCUT2D eigenvalue weighted by Gasteiger charge is 2.09. The predicted molar refractivity (Wildman–Crippen MR) is 83.0 cm³/mol. The molecule has 0 aliphatic heterocycles. The van der Waals surface area contributed by atoms with Gasteiger partial charge in [0.15, 0.2) is 0 Å². The van der Waals surface area contributed by atoms with E-state index < -0.39 is 0 Å². The lowest BCUT2D eigenvalue weighted by Crippen LogP contribution is -2.07. The van der Waals surface area contributed by atoms with E-state index in [1.54, 1.807) is 14.2 Å². The summed E-state index contributed by atoms with van der Waals surface area (Å²) >= 11 is 6.19. The molecule has 0 saturated heterocycles. The molecule has 1 N–H and O–H groups in total. The van der Waals surface area contributed by atoms with E-state index in [0.29, 0.717) is 5.02 Å². The van der Waals surface area contributed by atoms with Crippen molar-refractivity contribution in [2.45, 2.75) is 13.0 Å². The van der Waals surface area contributed by atoms with Crippen LogP contribution in [-0.2, 0) is 0 Å². The number of hydrogen-bond acceptors (Lipinski definition) is 3. The minimum atomic E-state index is 0.130. The fourth-order valence-corrected chi connectivity index (χ4v) is 2.12. The number of rotatable bonds is 5. The normalized spacial score (nSPS) is 11.8. The molecule has 0 aromatic heterocycles. The monoisotopic (exact) mass is 291 g/mol. The Hall–Kier alpha value is -1.87. The lowest BCUT2D eigenvalue weighted by Gasteiger charge is -2.17. The van der Waals surface area contributed by atoms with Crippen LogP contribution in [0.3, 0.4) is 0 Å².